The Morgan fingerprint density at radius 2 is 1.67 bits per heavy atom. The molecule has 0 saturated carbocycles. The van der Waals surface area contributed by atoms with Crippen molar-refractivity contribution < 1.29 is 9.53 Å². The van der Waals surface area contributed by atoms with Gasteiger partial charge < -0.3 is 4.74 Å². The lowest BCUT2D eigenvalue weighted by atomic mass is 10.2. The van der Waals surface area contributed by atoms with Crippen LogP contribution >= 0.6 is 27.5 Å². The third-order valence-corrected chi connectivity index (χ3v) is 6.10. The molecule has 0 saturated heterocycles. The van der Waals surface area contributed by atoms with Gasteiger partial charge in [-0.3, -0.25) is 4.79 Å². The molecule has 0 fully saturated rings. The zero-order valence-electron chi connectivity index (χ0n) is 18.6. The number of benzene rings is 4. The van der Waals surface area contributed by atoms with E-state index in [1.165, 1.54) is 10.9 Å². The molecular weight excluding hydrogens is 542 g/mol. The summed E-state index contributed by atoms with van der Waals surface area (Å²) < 4.78 is 7.62. The van der Waals surface area contributed by atoms with Gasteiger partial charge in [-0.05, 0) is 66.7 Å². The maximum absolute atomic E-state index is 13.4. The molecule has 0 unspecified atom stereocenters. The normalized spacial score (nSPS) is 11.2. The average molecular weight is 559 g/mol. The molecule has 0 aliphatic rings. The summed E-state index contributed by atoms with van der Waals surface area (Å²) in [4.78, 5) is 30.7. The van der Waals surface area contributed by atoms with Crippen molar-refractivity contribution in [2.75, 3.05) is 0 Å². The molecule has 0 amide bonds. The molecule has 5 aromatic rings. The minimum Gasteiger partial charge on any atom is -0.422 e. The molecular formula is C28H17BrClN3O3. The van der Waals surface area contributed by atoms with Crippen molar-refractivity contribution in [3.8, 4) is 17.1 Å². The van der Waals surface area contributed by atoms with Gasteiger partial charge in [-0.15, -0.1) is 0 Å². The van der Waals surface area contributed by atoms with E-state index in [0.717, 1.165) is 4.47 Å². The van der Waals surface area contributed by atoms with Crippen LogP contribution in [0.4, 0.5) is 0 Å². The minimum absolute atomic E-state index is 0.297. The van der Waals surface area contributed by atoms with Crippen LogP contribution in [0.5, 0.6) is 5.75 Å². The van der Waals surface area contributed by atoms with Crippen molar-refractivity contribution in [3.63, 3.8) is 0 Å². The summed E-state index contributed by atoms with van der Waals surface area (Å²) in [5.74, 6) is 0.147. The fourth-order valence-corrected chi connectivity index (χ4v) is 4.09. The minimum atomic E-state index is -0.501. The number of aromatic nitrogens is 2. The van der Waals surface area contributed by atoms with Gasteiger partial charge >= 0.3 is 5.97 Å². The smallest absolute Gasteiger partial charge is 0.343 e. The van der Waals surface area contributed by atoms with Crippen LogP contribution < -0.4 is 10.3 Å². The van der Waals surface area contributed by atoms with E-state index < -0.39 is 5.97 Å². The number of esters is 1. The number of halogens is 2. The highest BCUT2D eigenvalue weighted by Gasteiger charge is 2.14. The molecule has 0 spiro atoms. The molecule has 36 heavy (non-hydrogen) atoms. The molecule has 0 N–H and O–H groups in total. The number of carbonyl (C=O) groups is 1. The highest BCUT2D eigenvalue weighted by atomic mass is 79.9. The van der Waals surface area contributed by atoms with Crippen LogP contribution in [0.3, 0.4) is 0 Å². The summed E-state index contributed by atoms with van der Waals surface area (Å²) >= 11 is 9.50. The quantitative estimate of drug-likeness (QED) is 0.139. The lowest BCUT2D eigenvalue weighted by Crippen LogP contribution is -2.20. The number of nitrogens with zero attached hydrogens (tertiary/aromatic N) is 3. The molecule has 0 bridgehead atoms. The van der Waals surface area contributed by atoms with E-state index in [1.54, 1.807) is 84.9 Å². The predicted octanol–water partition coefficient (Wildman–Crippen LogP) is 6.58. The van der Waals surface area contributed by atoms with Crippen molar-refractivity contribution in [2.45, 2.75) is 0 Å². The summed E-state index contributed by atoms with van der Waals surface area (Å²) in [6.45, 7) is 0. The molecule has 5 rings (SSSR count). The monoisotopic (exact) mass is 557 g/mol. The van der Waals surface area contributed by atoms with Crippen LogP contribution in [-0.2, 0) is 0 Å². The first-order valence-corrected chi connectivity index (χ1v) is 12.1. The Kier molecular flexibility index (Phi) is 6.75. The second kappa shape index (κ2) is 10.3. The van der Waals surface area contributed by atoms with Gasteiger partial charge in [0.1, 0.15) is 5.75 Å². The van der Waals surface area contributed by atoms with E-state index in [-0.39, 0.29) is 5.56 Å². The number of hydrogen-bond acceptors (Lipinski definition) is 5. The maximum Gasteiger partial charge on any atom is 0.343 e. The number of fused-ring (bicyclic) bond motifs is 1. The topological polar surface area (TPSA) is 73.5 Å². The summed E-state index contributed by atoms with van der Waals surface area (Å²) in [7, 11) is 0. The Labute approximate surface area is 219 Å². The Morgan fingerprint density at radius 3 is 2.44 bits per heavy atom. The first-order chi connectivity index (χ1) is 17.5. The summed E-state index contributed by atoms with van der Waals surface area (Å²) in [6, 6.07) is 27.9. The highest BCUT2D eigenvalue weighted by Crippen LogP contribution is 2.24. The summed E-state index contributed by atoms with van der Waals surface area (Å²) in [5, 5.41) is 5.47. The van der Waals surface area contributed by atoms with Crippen LogP contribution in [0.1, 0.15) is 15.9 Å². The lowest BCUT2D eigenvalue weighted by Gasteiger charge is -2.11. The van der Waals surface area contributed by atoms with Crippen molar-refractivity contribution in [1.82, 2.24) is 9.66 Å². The van der Waals surface area contributed by atoms with Gasteiger partial charge in [0.25, 0.3) is 5.56 Å². The first-order valence-electron chi connectivity index (χ1n) is 10.9. The van der Waals surface area contributed by atoms with Crippen LogP contribution in [0.25, 0.3) is 22.3 Å². The largest absolute Gasteiger partial charge is 0.422 e. The van der Waals surface area contributed by atoms with Crippen LogP contribution in [0.15, 0.2) is 111 Å². The molecule has 6 nitrogen and oxygen atoms in total. The predicted molar refractivity (Wildman–Crippen MR) is 145 cm³/mol. The fourth-order valence-electron chi connectivity index (χ4n) is 3.58. The number of ether oxygens (including phenoxy) is 1. The van der Waals surface area contributed by atoms with Crippen molar-refractivity contribution in [1.29, 1.82) is 0 Å². The van der Waals surface area contributed by atoms with Crippen molar-refractivity contribution >= 4 is 50.6 Å². The summed E-state index contributed by atoms with van der Waals surface area (Å²) in [5.41, 5.74) is 1.81. The molecule has 0 atom stereocenters. The van der Waals surface area contributed by atoms with E-state index in [2.05, 4.69) is 26.0 Å². The maximum atomic E-state index is 13.4. The third kappa shape index (κ3) is 4.98. The van der Waals surface area contributed by atoms with Gasteiger partial charge in [0.15, 0.2) is 5.82 Å². The molecule has 0 aliphatic carbocycles. The second-order valence-electron chi connectivity index (χ2n) is 7.76. The van der Waals surface area contributed by atoms with Crippen molar-refractivity contribution in [2.24, 2.45) is 5.10 Å². The van der Waals surface area contributed by atoms with Gasteiger partial charge in [0.05, 0.1) is 22.7 Å². The number of carbonyl (C=O) groups excluding carboxylic acids is 1. The highest BCUT2D eigenvalue weighted by molar-refractivity contribution is 9.10. The van der Waals surface area contributed by atoms with Crippen LogP contribution in [0, 0.1) is 0 Å². The zero-order chi connectivity index (χ0) is 25.1. The van der Waals surface area contributed by atoms with E-state index in [4.69, 9.17) is 16.3 Å². The Hall–Kier alpha value is -4.07. The fraction of sp³-hybridized carbons (Fsp3) is 0. The number of para-hydroxylation sites is 1. The van der Waals surface area contributed by atoms with Gasteiger partial charge in [0, 0.05) is 20.6 Å². The van der Waals surface area contributed by atoms with E-state index in [9.17, 15) is 9.59 Å². The van der Waals surface area contributed by atoms with Crippen LogP contribution in [-0.4, -0.2) is 21.8 Å². The standard InChI is InChI=1S/C28H17BrClN3O3/c29-21-12-15-25(36-28(35)19-6-2-1-3-7-19)20(16-21)17-31-33-26(18-10-13-22(30)14-11-18)32-24-9-5-4-8-23(24)27(33)34/h1-17H. The van der Waals surface area contributed by atoms with E-state index in [0.29, 0.717) is 44.2 Å². The van der Waals surface area contributed by atoms with E-state index in [1.807, 2.05) is 12.1 Å². The Bertz CT molecular complexity index is 1670. The summed E-state index contributed by atoms with van der Waals surface area (Å²) in [6.07, 6.45) is 1.47. The molecule has 1 heterocycles. The van der Waals surface area contributed by atoms with Gasteiger partial charge in [0.2, 0.25) is 0 Å². The molecule has 1 aromatic heterocycles. The third-order valence-electron chi connectivity index (χ3n) is 5.35. The molecule has 4 aromatic carbocycles. The SMILES string of the molecule is O=C(Oc1ccc(Br)cc1C=Nn1c(-c2ccc(Cl)cc2)nc2ccccc2c1=O)c1ccccc1. The Balaban J connectivity index is 1.60. The van der Waals surface area contributed by atoms with Gasteiger partial charge in [-0.25, -0.2) is 9.78 Å². The molecule has 0 radical (unpaired) electrons. The first kappa shape index (κ1) is 23.7. The average Bonchev–Trinajstić information content (AvgIpc) is 2.90. The number of rotatable bonds is 5. The number of hydrogen-bond donors (Lipinski definition) is 0. The molecule has 176 valence electrons. The molecule has 0 aliphatic heterocycles. The van der Waals surface area contributed by atoms with Crippen LogP contribution in [0.2, 0.25) is 5.02 Å². The lowest BCUT2D eigenvalue weighted by molar-refractivity contribution is 0.0734. The second-order valence-corrected chi connectivity index (χ2v) is 9.11. The van der Waals surface area contributed by atoms with Crippen molar-refractivity contribution in [3.05, 3.63) is 128 Å². The van der Waals surface area contributed by atoms with E-state index >= 15 is 0 Å². The van der Waals surface area contributed by atoms with Gasteiger partial charge in [-0.2, -0.15) is 9.78 Å². The molecule has 8 heteroatoms. The zero-order valence-corrected chi connectivity index (χ0v) is 21.0. The Morgan fingerprint density at radius 1 is 0.944 bits per heavy atom. The van der Waals surface area contributed by atoms with Gasteiger partial charge in [-0.1, -0.05) is 57.9 Å².